The van der Waals surface area contributed by atoms with Crippen LogP contribution >= 0.6 is 0 Å². The number of aliphatic hydroxyl groups excluding tert-OH is 1. The average molecular weight is 334 g/mol. The molecule has 1 aliphatic rings. The van der Waals surface area contributed by atoms with Gasteiger partial charge < -0.3 is 20.1 Å². The van der Waals surface area contributed by atoms with Crippen LogP contribution in [0.2, 0.25) is 0 Å². The Bertz CT molecular complexity index is 513. The van der Waals surface area contributed by atoms with Gasteiger partial charge in [0, 0.05) is 25.7 Å². The molecule has 1 aliphatic heterocycles. The van der Waals surface area contributed by atoms with E-state index in [0.717, 1.165) is 12.8 Å². The monoisotopic (exact) mass is 334 g/mol. The molecule has 2 unspecified atom stereocenters. The molecule has 2 rings (SSSR count). The first-order valence-electron chi connectivity index (χ1n) is 8.75. The second-order valence-corrected chi connectivity index (χ2v) is 7.45. The van der Waals surface area contributed by atoms with Crippen molar-refractivity contribution < 1.29 is 14.6 Å². The number of hydrogen-bond donors (Lipinski definition) is 2. The van der Waals surface area contributed by atoms with Gasteiger partial charge in [0.05, 0.1) is 6.61 Å². The zero-order valence-electron chi connectivity index (χ0n) is 15.0. The first-order valence-corrected chi connectivity index (χ1v) is 8.75. The molecule has 0 spiro atoms. The highest BCUT2D eigenvalue weighted by molar-refractivity contribution is 5.68. The largest absolute Gasteiger partial charge is 0.444 e. The highest BCUT2D eigenvalue weighted by atomic mass is 16.6. The summed E-state index contributed by atoms with van der Waals surface area (Å²) in [6.07, 6.45) is 1.54. The lowest BCUT2D eigenvalue weighted by Crippen LogP contribution is -2.53. The van der Waals surface area contributed by atoms with Crippen LogP contribution < -0.4 is 5.32 Å². The second kappa shape index (κ2) is 8.49. The number of carbonyl (C=O) groups excluding carboxylic acids is 1. The number of aliphatic hydroxyl groups is 1. The number of carbonyl (C=O) groups is 1. The van der Waals surface area contributed by atoms with Gasteiger partial charge in [-0.15, -0.1) is 0 Å². The van der Waals surface area contributed by atoms with E-state index >= 15 is 0 Å². The molecule has 24 heavy (non-hydrogen) atoms. The van der Waals surface area contributed by atoms with Crippen molar-refractivity contribution in [3.05, 3.63) is 35.9 Å². The Morgan fingerprint density at radius 2 is 2.04 bits per heavy atom. The van der Waals surface area contributed by atoms with Crippen molar-refractivity contribution in [1.29, 1.82) is 0 Å². The van der Waals surface area contributed by atoms with Crippen LogP contribution in [0.25, 0.3) is 0 Å². The van der Waals surface area contributed by atoms with E-state index in [1.807, 2.05) is 43.9 Å². The number of hydrogen-bond acceptors (Lipinski definition) is 4. The lowest BCUT2D eigenvalue weighted by molar-refractivity contribution is 0.0130. The van der Waals surface area contributed by atoms with Crippen LogP contribution in [0.1, 0.15) is 32.8 Å². The molecular formula is C19H30N2O3. The molecule has 1 heterocycles. The molecule has 0 saturated carbocycles. The zero-order chi connectivity index (χ0) is 17.6. The fourth-order valence-corrected chi connectivity index (χ4v) is 3.17. The summed E-state index contributed by atoms with van der Waals surface area (Å²) >= 11 is 0. The Morgan fingerprint density at radius 1 is 1.33 bits per heavy atom. The van der Waals surface area contributed by atoms with Crippen molar-refractivity contribution in [3.8, 4) is 0 Å². The summed E-state index contributed by atoms with van der Waals surface area (Å²) in [5.41, 5.74) is 0.794. The van der Waals surface area contributed by atoms with E-state index in [0.29, 0.717) is 31.6 Å². The molecular weight excluding hydrogens is 304 g/mol. The third-order valence-electron chi connectivity index (χ3n) is 4.24. The van der Waals surface area contributed by atoms with Gasteiger partial charge in [-0.3, -0.25) is 0 Å². The summed E-state index contributed by atoms with van der Waals surface area (Å²) in [5, 5.41) is 12.5. The minimum absolute atomic E-state index is 0.129. The number of amides is 1. The topological polar surface area (TPSA) is 61.8 Å². The summed E-state index contributed by atoms with van der Waals surface area (Å²) in [4.78, 5) is 14.2. The number of ether oxygens (including phenoxy) is 1. The van der Waals surface area contributed by atoms with Crippen LogP contribution in [0.4, 0.5) is 4.79 Å². The summed E-state index contributed by atoms with van der Waals surface area (Å²) in [5.74, 6) is 0.306. The van der Waals surface area contributed by atoms with E-state index in [9.17, 15) is 4.79 Å². The van der Waals surface area contributed by atoms with Gasteiger partial charge in [-0.25, -0.2) is 4.79 Å². The molecule has 134 valence electrons. The maximum atomic E-state index is 12.4. The van der Waals surface area contributed by atoms with Gasteiger partial charge in [-0.05, 0) is 45.1 Å². The maximum absolute atomic E-state index is 12.4. The summed E-state index contributed by atoms with van der Waals surface area (Å²) in [6.45, 7) is 7.74. The second-order valence-electron chi connectivity index (χ2n) is 7.45. The van der Waals surface area contributed by atoms with Crippen LogP contribution in [0.5, 0.6) is 0 Å². The molecule has 1 aromatic rings. The Hall–Kier alpha value is -1.59. The van der Waals surface area contributed by atoms with Crippen LogP contribution in [-0.4, -0.2) is 54.0 Å². The molecule has 1 saturated heterocycles. The maximum Gasteiger partial charge on any atom is 0.410 e. The van der Waals surface area contributed by atoms with Crippen molar-refractivity contribution in [2.75, 3.05) is 26.2 Å². The molecule has 2 atom stereocenters. The number of nitrogens with zero attached hydrogens (tertiary/aromatic N) is 1. The third kappa shape index (κ3) is 5.80. The Balaban J connectivity index is 2.03. The van der Waals surface area contributed by atoms with E-state index in [4.69, 9.17) is 9.84 Å². The minimum atomic E-state index is -0.474. The van der Waals surface area contributed by atoms with Crippen molar-refractivity contribution >= 4 is 6.09 Å². The third-order valence-corrected chi connectivity index (χ3v) is 4.24. The van der Waals surface area contributed by atoms with E-state index in [1.54, 1.807) is 0 Å². The summed E-state index contributed by atoms with van der Waals surface area (Å²) in [7, 11) is 0. The summed E-state index contributed by atoms with van der Waals surface area (Å²) < 4.78 is 5.52. The zero-order valence-corrected chi connectivity index (χ0v) is 15.0. The van der Waals surface area contributed by atoms with Gasteiger partial charge >= 0.3 is 6.09 Å². The van der Waals surface area contributed by atoms with E-state index in [-0.39, 0.29) is 12.7 Å². The van der Waals surface area contributed by atoms with Gasteiger partial charge in [0.25, 0.3) is 0 Å². The predicted molar refractivity (Wildman–Crippen MR) is 94.9 cm³/mol. The van der Waals surface area contributed by atoms with Crippen molar-refractivity contribution in [1.82, 2.24) is 10.2 Å². The number of nitrogens with one attached hydrogen (secondary N) is 1. The van der Waals surface area contributed by atoms with Gasteiger partial charge in [0.15, 0.2) is 0 Å². The first-order chi connectivity index (χ1) is 11.4. The van der Waals surface area contributed by atoms with Gasteiger partial charge in [-0.1, -0.05) is 30.3 Å². The number of piperidine rings is 1. The average Bonchev–Trinajstić information content (AvgIpc) is 2.53. The van der Waals surface area contributed by atoms with Crippen LogP contribution in [0.3, 0.4) is 0 Å². The Kier molecular flexibility index (Phi) is 6.63. The smallest absolute Gasteiger partial charge is 0.410 e. The van der Waals surface area contributed by atoms with E-state index in [2.05, 4.69) is 17.4 Å². The molecule has 0 radical (unpaired) electrons. The molecule has 5 heteroatoms. The fourth-order valence-electron chi connectivity index (χ4n) is 3.17. The number of benzene rings is 1. The number of likely N-dealkylation sites (tertiary alicyclic amines) is 1. The van der Waals surface area contributed by atoms with Crippen molar-refractivity contribution in [3.63, 3.8) is 0 Å². The molecule has 5 nitrogen and oxygen atoms in total. The standard InChI is InChI=1S/C19H30N2O3/c1-19(2,3)24-18(23)21-11-9-17(20-10-12-22)16(14-21)13-15-7-5-4-6-8-15/h4-8,16-17,20,22H,9-14H2,1-3H3. The highest BCUT2D eigenvalue weighted by Gasteiger charge is 2.33. The number of rotatable bonds is 5. The normalized spacial score (nSPS) is 21.6. The lowest BCUT2D eigenvalue weighted by Gasteiger charge is -2.39. The fraction of sp³-hybridized carbons (Fsp3) is 0.632. The Morgan fingerprint density at radius 3 is 2.67 bits per heavy atom. The minimum Gasteiger partial charge on any atom is -0.444 e. The predicted octanol–water partition coefficient (Wildman–Crippen LogP) is 2.44. The molecule has 2 N–H and O–H groups in total. The van der Waals surface area contributed by atoms with Gasteiger partial charge in [-0.2, -0.15) is 0 Å². The Labute approximate surface area is 145 Å². The quantitative estimate of drug-likeness (QED) is 0.868. The van der Waals surface area contributed by atoms with E-state index in [1.165, 1.54) is 5.56 Å². The lowest BCUT2D eigenvalue weighted by atomic mass is 9.86. The molecule has 0 aromatic heterocycles. The van der Waals surface area contributed by atoms with Gasteiger partial charge in [0.2, 0.25) is 0 Å². The van der Waals surface area contributed by atoms with Crippen LogP contribution in [-0.2, 0) is 11.2 Å². The molecule has 1 aromatic carbocycles. The molecule has 0 aliphatic carbocycles. The van der Waals surface area contributed by atoms with Crippen molar-refractivity contribution in [2.24, 2.45) is 5.92 Å². The SMILES string of the molecule is CC(C)(C)OC(=O)N1CCC(NCCO)C(Cc2ccccc2)C1. The van der Waals surface area contributed by atoms with Crippen LogP contribution in [0.15, 0.2) is 30.3 Å². The summed E-state index contributed by atoms with van der Waals surface area (Å²) in [6, 6.07) is 10.6. The first kappa shape index (κ1) is 18.7. The molecule has 0 bridgehead atoms. The van der Waals surface area contributed by atoms with E-state index < -0.39 is 5.60 Å². The van der Waals surface area contributed by atoms with Gasteiger partial charge in [0.1, 0.15) is 5.60 Å². The van der Waals surface area contributed by atoms with Crippen molar-refractivity contribution in [2.45, 2.75) is 45.3 Å². The van der Waals surface area contributed by atoms with Crippen LogP contribution in [0, 0.1) is 5.92 Å². The molecule has 1 fully saturated rings. The molecule has 1 amide bonds. The highest BCUT2D eigenvalue weighted by Crippen LogP contribution is 2.23.